The molecule has 0 bridgehead atoms. The van der Waals surface area contributed by atoms with Crippen LogP contribution >= 0.6 is 0 Å². The maximum Gasteiger partial charge on any atom is 0.137 e. The number of hydrogen-bond acceptors (Lipinski definition) is 5. The normalized spacial score (nSPS) is 15.2. The van der Waals surface area contributed by atoms with Crippen LogP contribution in [-0.4, -0.2) is 17.1 Å². The molecule has 3 aromatic carbocycles. The highest BCUT2D eigenvalue weighted by Gasteiger charge is 2.20. The quantitative estimate of drug-likeness (QED) is 0.473. The van der Waals surface area contributed by atoms with Crippen molar-refractivity contribution in [3.05, 3.63) is 83.7 Å². The molecule has 0 amide bonds. The molecule has 0 radical (unpaired) electrons. The standard InChI is InChI=1S/C26H22N4O/c1-31-25-13-18(9-10-19(25)16-27)22-14-20(15-24-26(22)29-12-11-28-24)30-23-8-4-6-17-5-2-3-7-21(17)23/h2-3,5,7,9-15,23,30H,4,6,8H2,1H3. The third-order valence-electron chi connectivity index (χ3n) is 5.92. The van der Waals surface area contributed by atoms with Gasteiger partial charge in [0.15, 0.2) is 0 Å². The van der Waals surface area contributed by atoms with Gasteiger partial charge in [-0.15, -0.1) is 0 Å². The number of nitriles is 1. The lowest BCUT2D eigenvalue weighted by Gasteiger charge is -2.27. The van der Waals surface area contributed by atoms with E-state index < -0.39 is 0 Å². The maximum atomic E-state index is 9.33. The number of nitrogens with one attached hydrogen (secondary N) is 1. The molecule has 0 spiro atoms. The number of nitrogens with zero attached hydrogens (tertiary/aromatic N) is 3. The summed E-state index contributed by atoms with van der Waals surface area (Å²) in [5.41, 5.74) is 7.86. The summed E-state index contributed by atoms with van der Waals surface area (Å²) >= 11 is 0. The number of aromatic nitrogens is 2. The minimum atomic E-state index is 0.266. The van der Waals surface area contributed by atoms with Gasteiger partial charge in [0.25, 0.3) is 0 Å². The molecule has 1 unspecified atom stereocenters. The van der Waals surface area contributed by atoms with Crippen LogP contribution in [-0.2, 0) is 6.42 Å². The minimum Gasteiger partial charge on any atom is -0.495 e. The van der Waals surface area contributed by atoms with Crippen LogP contribution in [0, 0.1) is 11.3 Å². The van der Waals surface area contributed by atoms with Crippen LogP contribution in [0.5, 0.6) is 5.75 Å². The van der Waals surface area contributed by atoms with Gasteiger partial charge in [0.05, 0.1) is 29.7 Å². The van der Waals surface area contributed by atoms with Gasteiger partial charge >= 0.3 is 0 Å². The fourth-order valence-electron chi connectivity index (χ4n) is 4.43. The molecule has 1 heterocycles. The second kappa shape index (κ2) is 8.08. The van der Waals surface area contributed by atoms with Crippen molar-refractivity contribution >= 4 is 16.7 Å². The third-order valence-corrected chi connectivity index (χ3v) is 5.92. The van der Waals surface area contributed by atoms with E-state index in [0.29, 0.717) is 11.3 Å². The Bertz CT molecular complexity index is 1310. The molecule has 1 aromatic heterocycles. The second-order valence-electron chi connectivity index (χ2n) is 7.76. The zero-order chi connectivity index (χ0) is 21.2. The van der Waals surface area contributed by atoms with Gasteiger partial charge in [0.1, 0.15) is 11.8 Å². The topological polar surface area (TPSA) is 70.8 Å². The first-order valence-electron chi connectivity index (χ1n) is 10.4. The van der Waals surface area contributed by atoms with Crippen LogP contribution in [0.2, 0.25) is 0 Å². The van der Waals surface area contributed by atoms with E-state index in [-0.39, 0.29) is 6.04 Å². The summed E-state index contributed by atoms with van der Waals surface area (Å²) in [5.74, 6) is 0.552. The van der Waals surface area contributed by atoms with Gasteiger partial charge in [-0.2, -0.15) is 5.26 Å². The van der Waals surface area contributed by atoms with Crippen LogP contribution in [0.3, 0.4) is 0 Å². The molecule has 0 fully saturated rings. The number of fused-ring (bicyclic) bond motifs is 2. The SMILES string of the molecule is COc1cc(-c2cc(NC3CCCc4ccccc43)cc3nccnc23)ccc1C#N. The van der Waals surface area contributed by atoms with Crippen LogP contribution < -0.4 is 10.1 Å². The largest absolute Gasteiger partial charge is 0.495 e. The zero-order valence-corrected chi connectivity index (χ0v) is 17.3. The lowest BCUT2D eigenvalue weighted by molar-refractivity contribution is 0.413. The van der Waals surface area contributed by atoms with Crippen molar-refractivity contribution in [3.63, 3.8) is 0 Å². The van der Waals surface area contributed by atoms with Crippen molar-refractivity contribution < 1.29 is 4.74 Å². The van der Waals surface area contributed by atoms with Crippen molar-refractivity contribution in [2.75, 3.05) is 12.4 Å². The van der Waals surface area contributed by atoms with Gasteiger partial charge in [-0.1, -0.05) is 30.3 Å². The first kappa shape index (κ1) is 19.1. The van der Waals surface area contributed by atoms with E-state index in [9.17, 15) is 5.26 Å². The van der Waals surface area contributed by atoms with Gasteiger partial charge in [-0.25, -0.2) is 0 Å². The monoisotopic (exact) mass is 406 g/mol. The van der Waals surface area contributed by atoms with Crippen LogP contribution in [0.15, 0.2) is 67.0 Å². The molecule has 4 aromatic rings. The predicted molar refractivity (Wildman–Crippen MR) is 122 cm³/mol. The summed E-state index contributed by atoms with van der Waals surface area (Å²) < 4.78 is 5.43. The van der Waals surface area contributed by atoms with E-state index in [2.05, 4.69) is 57.8 Å². The Morgan fingerprint density at radius 1 is 1.06 bits per heavy atom. The average Bonchev–Trinajstić information content (AvgIpc) is 2.83. The Morgan fingerprint density at radius 3 is 2.81 bits per heavy atom. The summed E-state index contributed by atoms with van der Waals surface area (Å²) in [6.07, 6.45) is 6.81. The predicted octanol–water partition coefficient (Wildman–Crippen LogP) is 5.67. The van der Waals surface area contributed by atoms with Gasteiger partial charge < -0.3 is 10.1 Å². The minimum absolute atomic E-state index is 0.266. The Hall–Kier alpha value is -3.91. The van der Waals surface area contributed by atoms with Crippen LogP contribution in [0.4, 0.5) is 5.69 Å². The van der Waals surface area contributed by atoms with E-state index in [1.54, 1.807) is 25.6 Å². The molecule has 0 saturated heterocycles. The van der Waals surface area contributed by atoms with Crippen molar-refractivity contribution in [1.82, 2.24) is 9.97 Å². The van der Waals surface area contributed by atoms with E-state index in [1.807, 2.05) is 12.1 Å². The van der Waals surface area contributed by atoms with Crippen molar-refractivity contribution in [1.29, 1.82) is 5.26 Å². The molecule has 5 rings (SSSR count). The number of anilines is 1. The molecular formula is C26H22N4O. The van der Waals surface area contributed by atoms with E-state index in [4.69, 9.17) is 4.74 Å². The highest BCUT2D eigenvalue weighted by molar-refractivity contribution is 5.94. The first-order chi connectivity index (χ1) is 15.3. The molecule has 0 aliphatic heterocycles. The van der Waals surface area contributed by atoms with Crippen LogP contribution in [0.25, 0.3) is 22.2 Å². The molecule has 1 aliphatic carbocycles. The number of hydrogen-bond donors (Lipinski definition) is 1. The molecule has 152 valence electrons. The smallest absolute Gasteiger partial charge is 0.137 e. The summed E-state index contributed by atoms with van der Waals surface area (Å²) in [6, 6.07) is 20.9. The number of ether oxygens (including phenoxy) is 1. The molecule has 31 heavy (non-hydrogen) atoms. The highest BCUT2D eigenvalue weighted by Crippen LogP contribution is 2.36. The Labute approximate surface area is 181 Å². The van der Waals surface area contributed by atoms with Crippen molar-refractivity contribution in [3.8, 4) is 22.9 Å². The Morgan fingerprint density at radius 2 is 1.94 bits per heavy atom. The second-order valence-corrected chi connectivity index (χ2v) is 7.76. The van der Waals surface area contributed by atoms with Gasteiger partial charge in [0, 0.05) is 23.6 Å². The molecular weight excluding hydrogens is 384 g/mol. The highest BCUT2D eigenvalue weighted by atomic mass is 16.5. The Balaban J connectivity index is 1.60. The fourth-order valence-corrected chi connectivity index (χ4v) is 4.43. The molecule has 5 heteroatoms. The zero-order valence-electron chi connectivity index (χ0n) is 17.3. The number of benzene rings is 3. The molecule has 1 N–H and O–H groups in total. The van der Waals surface area contributed by atoms with Gasteiger partial charge in [-0.05, 0) is 60.2 Å². The maximum absolute atomic E-state index is 9.33. The van der Waals surface area contributed by atoms with Crippen LogP contribution in [0.1, 0.15) is 35.6 Å². The molecule has 1 aliphatic rings. The van der Waals surface area contributed by atoms with Gasteiger partial charge in [0.2, 0.25) is 0 Å². The first-order valence-corrected chi connectivity index (χ1v) is 10.4. The fraction of sp³-hybridized carbons (Fsp3) is 0.192. The molecule has 0 saturated carbocycles. The Kier molecular flexibility index (Phi) is 4.97. The van der Waals surface area contributed by atoms with E-state index >= 15 is 0 Å². The number of rotatable bonds is 4. The summed E-state index contributed by atoms with van der Waals surface area (Å²) in [6.45, 7) is 0. The number of aryl methyl sites for hydroxylation is 1. The average molecular weight is 406 g/mol. The van der Waals surface area contributed by atoms with Crippen molar-refractivity contribution in [2.45, 2.75) is 25.3 Å². The summed E-state index contributed by atoms with van der Waals surface area (Å²) in [5, 5.41) is 13.1. The molecule has 5 nitrogen and oxygen atoms in total. The summed E-state index contributed by atoms with van der Waals surface area (Å²) in [4.78, 5) is 9.14. The molecule has 1 atom stereocenters. The number of methoxy groups -OCH3 is 1. The summed E-state index contributed by atoms with van der Waals surface area (Å²) in [7, 11) is 1.58. The van der Waals surface area contributed by atoms with Gasteiger partial charge in [-0.3, -0.25) is 9.97 Å². The van der Waals surface area contributed by atoms with Crippen molar-refractivity contribution in [2.24, 2.45) is 0 Å². The third kappa shape index (κ3) is 3.57. The van der Waals surface area contributed by atoms with E-state index in [0.717, 1.165) is 40.7 Å². The lowest BCUT2D eigenvalue weighted by Crippen LogP contribution is -2.17. The lowest BCUT2D eigenvalue weighted by atomic mass is 9.87. The van der Waals surface area contributed by atoms with E-state index in [1.165, 1.54) is 17.5 Å².